The van der Waals surface area contributed by atoms with Crippen molar-refractivity contribution in [1.29, 1.82) is 0 Å². The van der Waals surface area contributed by atoms with Crippen molar-refractivity contribution >= 4 is 18.2 Å². The second-order valence-corrected chi connectivity index (χ2v) is 2.53. The average Bonchev–Trinajstić information content (AvgIpc) is 2.04. The topological polar surface area (TPSA) is 107 Å². The summed E-state index contributed by atoms with van der Waals surface area (Å²) < 4.78 is 0. The fourth-order valence-electron chi connectivity index (χ4n) is 0.971. The number of allylic oxidation sites excluding steroid dienone is 1. The standard InChI is InChI=1S/C7H7NO5/c9-5(10)4-7(13,6(11)12)2-1-3-8-4/h1-4,13H,(H,9,10)(H,11,12). The summed E-state index contributed by atoms with van der Waals surface area (Å²) in [5.41, 5.74) is -2.44. The number of hydrogen-bond acceptors (Lipinski definition) is 4. The first-order valence-electron chi connectivity index (χ1n) is 3.38. The van der Waals surface area contributed by atoms with Crippen LogP contribution >= 0.6 is 0 Å². The smallest absolute Gasteiger partial charge is 0.342 e. The zero-order valence-corrected chi connectivity index (χ0v) is 6.41. The maximum Gasteiger partial charge on any atom is 0.342 e. The SMILES string of the molecule is O=C(O)C1N=CC=CC1(O)C(=O)O. The summed E-state index contributed by atoms with van der Waals surface area (Å²) in [6.45, 7) is 0. The van der Waals surface area contributed by atoms with Gasteiger partial charge in [-0.05, 0) is 12.2 Å². The van der Waals surface area contributed by atoms with E-state index in [9.17, 15) is 14.7 Å². The van der Waals surface area contributed by atoms with E-state index in [1.165, 1.54) is 6.08 Å². The number of aliphatic imine (C=N–C) groups is 1. The molecule has 0 saturated carbocycles. The molecule has 0 aromatic rings. The number of aliphatic hydroxyl groups is 1. The molecule has 2 atom stereocenters. The van der Waals surface area contributed by atoms with Gasteiger partial charge in [0.1, 0.15) is 0 Å². The molecule has 0 aliphatic carbocycles. The Morgan fingerprint density at radius 2 is 2.00 bits per heavy atom. The number of rotatable bonds is 2. The van der Waals surface area contributed by atoms with Crippen LogP contribution in [0.2, 0.25) is 0 Å². The van der Waals surface area contributed by atoms with Gasteiger partial charge >= 0.3 is 11.9 Å². The molecule has 3 N–H and O–H groups in total. The van der Waals surface area contributed by atoms with Crippen molar-refractivity contribution < 1.29 is 24.9 Å². The summed E-state index contributed by atoms with van der Waals surface area (Å²) in [4.78, 5) is 24.4. The van der Waals surface area contributed by atoms with Crippen LogP contribution in [0.5, 0.6) is 0 Å². The summed E-state index contributed by atoms with van der Waals surface area (Å²) in [5, 5.41) is 26.5. The third-order valence-corrected chi connectivity index (χ3v) is 1.66. The molecular formula is C7H7NO5. The largest absolute Gasteiger partial charge is 0.480 e. The van der Waals surface area contributed by atoms with Crippen LogP contribution in [0.1, 0.15) is 0 Å². The van der Waals surface area contributed by atoms with Crippen molar-refractivity contribution in [1.82, 2.24) is 0 Å². The van der Waals surface area contributed by atoms with Crippen molar-refractivity contribution in [2.45, 2.75) is 11.6 Å². The number of nitrogens with zero attached hydrogens (tertiary/aromatic N) is 1. The maximum atomic E-state index is 10.6. The first kappa shape index (κ1) is 9.40. The number of hydrogen-bond donors (Lipinski definition) is 3. The Hall–Kier alpha value is -1.69. The van der Waals surface area contributed by atoms with Gasteiger partial charge in [0.2, 0.25) is 5.60 Å². The molecule has 70 valence electrons. The molecule has 0 radical (unpaired) electrons. The Labute approximate surface area is 72.8 Å². The Balaban J connectivity index is 3.07. The lowest BCUT2D eigenvalue weighted by Gasteiger charge is -2.25. The van der Waals surface area contributed by atoms with Gasteiger partial charge in [-0.25, -0.2) is 9.59 Å². The van der Waals surface area contributed by atoms with E-state index in [2.05, 4.69) is 4.99 Å². The van der Waals surface area contributed by atoms with Gasteiger partial charge in [0, 0.05) is 6.21 Å². The predicted molar refractivity (Wildman–Crippen MR) is 41.6 cm³/mol. The summed E-state index contributed by atoms with van der Waals surface area (Å²) in [6, 6.07) is -1.69. The van der Waals surface area contributed by atoms with Gasteiger partial charge in [0.15, 0.2) is 6.04 Å². The molecule has 0 aromatic carbocycles. The highest BCUT2D eigenvalue weighted by molar-refractivity contribution is 5.94. The second kappa shape index (κ2) is 2.98. The number of dihydropyridines is 1. The van der Waals surface area contributed by atoms with Crippen molar-refractivity contribution in [2.75, 3.05) is 0 Å². The first-order chi connectivity index (χ1) is 5.98. The third-order valence-electron chi connectivity index (χ3n) is 1.66. The van der Waals surface area contributed by atoms with Crippen LogP contribution in [0, 0.1) is 0 Å². The van der Waals surface area contributed by atoms with Crippen molar-refractivity contribution in [3.8, 4) is 0 Å². The van der Waals surface area contributed by atoms with Gasteiger partial charge in [0.05, 0.1) is 0 Å². The number of carboxylic acid groups (broad SMARTS) is 2. The Morgan fingerprint density at radius 1 is 1.38 bits per heavy atom. The fourth-order valence-corrected chi connectivity index (χ4v) is 0.971. The molecule has 0 bridgehead atoms. The third kappa shape index (κ3) is 1.43. The van der Waals surface area contributed by atoms with Gasteiger partial charge in [-0.1, -0.05) is 0 Å². The van der Waals surface area contributed by atoms with E-state index in [4.69, 9.17) is 10.2 Å². The van der Waals surface area contributed by atoms with Gasteiger partial charge in [-0.3, -0.25) is 4.99 Å². The van der Waals surface area contributed by atoms with E-state index in [1.54, 1.807) is 0 Å². The van der Waals surface area contributed by atoms with Crippen LogP contribution < -0.4 is 0 Å². The maximum absolute atomic E-state index is 10.6. The molecular weight excluding hydrogens is 178 g/mol. The van der Waals surface area contributed by atoms with Crippen LogP contribution in [0.3, 0.4) is 0 Å². The molecule has 1 rings (SSSR count). The van der Waals surface area contributed by atoms with E-state index in [0.29, 0.717) is 0 Å². The second-order valence-electron chi connectivity index (χ2n) is 2.53. The molecule has 6 nitrogen and oxygen atoms in total. The van der Waals surface area contributed by atoms with E-state index in [1.807, 2.05) is 0 Å². The quantitative estimate of drug-likeness (QED) is 0.506. The van der Waals surface area contributed by atoms with E-state index in [0.717, 1.165) is 12.3 Å². The Bertz CT molecular complexity index is 308. The highest BCUT2D eigenvalue weighted by Crippen LogP contribution is 2.19. The van der Waals surface area contributed by atoms with Crippen molar-refractivity contribution in [3.63, 3.8) is 0 Å². The van der Waals surface area contributed by atoms with E-state index >= 15 is 0 Å². The van der Waals surface area contributed by atoms with Crippen LogP contribution in [0.25, 0.3) is 0 Å². The zero-order valence-electron chi connectivity index (χ0n) is 6.41. The van der Waals surface area contributed by atoms with Crippen LogP contribution in [0.4, 0.5) is 0 Å². The van der Waals surface area contributed by atoms with Gasteiger partial charge in [-0.2, -0.15) is 0 Å². The number of carboxylic acids is 2. The minimum atomic E-state index is -2.44. The molecule has 0 aromatic heterocycles. The lowest BCUT2D eigenvalue weighted by atomic mass is 9.92. The predicted octanol–water partition coefficient (Wildman–Crippen LogP) is -1.10. The number of carbonyl (C=O) groups is 2. The number of aliphatic carboxylic acids is 2. The molecule has 2 unspecified atom stereocenters. The summed E-state index contributed by atoms with van der Waals surface area (Å²) in [5.74, 6) is -3.11. The first-order valence-corrected chi connectivity index (χ1v) is 3.38. The van der Waals surface area contributed by atoms with Crippen molar-refractivity contribution in [2.24, 2.45) is 4.99 Å². The summed E-state index contributed by atoms with van der Waals surface area (Å²) in [6.07, 6.45) is 3.21. The Kier molecular flexibility index (Phi) is 2.16. The molecule has 1 heterocycles. The molecule has 0 spiro atoms. The Morgan fingerprint density at radius 3 is 2.38 bits per heavy atom. The minimum Gasteiger partial charge on any atom is -0.480 e. The molecule has 13 heavy (non-hydrogen) atoms. The fraction of sp³-hybridized carbons (Fsp3) is 0.286. The monoisotopic (exact) mass is 185 g/mol. The molecule has 0 amide bonds. The molecule has 1 aliphatic heterocycles. The van der Waals surface area contributed by atoms with Gasteiger partial charge in [0.25, 0.3) is 0 Å². The molecule has 1 aliphatic rings. The van der Waals surface area contributed by atoms with Crippen LogP contribution in [0.15, 0.2) is 17.1 Å². The molecule has 6 heteroatoms. The van der Waals surface area contributed by atoms with Gasteiger partial charge in [-0.15, -0.1) is 0 Å². The van der Waals surface area contributed by atoms with Crippen molar-refractivity contribution in [3.05, 3.63) is 12.2 Å². The van der Waals surface area contributed by atoms with Gasteiger partial charge < -0.3 is 15.3 Å². The highest BCUT2D eigenvalue weighted by Gasteiger charge is 2.47. The highest BCUT2D eigenvalue weighted by atomic mass is 16.4. The van der Waals surface area contributed by atoms with Crippen LogP contribution in [-0.4, -0.2) is 45.1 Å². The molecule has 0 fully saturated rings. The minimum absolute atomic E-state index is 0.890. The zero-order chi connectivity index (χ0) is 10.1. The average molecular weight is 185 g/mol. The van der Waals surface area contributed by atoms with E-state index in [-0.39, 0.29) is 0 Å². The lowest BCUT2D eigenvalue weighted by molar-refractivity contribution is -0.162. The van der Waals surface area contributed by atoms with E-state index < -0.39 is 23.6 Å². The summed E-state index contributed by atoms with van der Waals surface area (Å²) >= 11 is 0. The summed E-state index contributed by atoms with van der Waals surface area (Å²) in [7, 11) is 0. The normalized spacial score (nSPS) is 31.6. The van der Waals surface area contributed by atoms with Crippen LogP contribution in [-0.2, 0) is 9.59 Å². The lowest BCUT2D eigenvalue weighted by Crippen LogP contribution is -2.51. The molecule has 0 saturated heterocycles.